The van der Waals surface area contributed by atoms with Gasteiger partial charge in [-0.1, -0.05) is 12.1 Å². The fourth-order valence-electron chi connectivity index (χ4n) is 2.27. The standard InChI is InChI=1S/C16H8F6N2/c17-15(18,19)10-5-3-9(4-6-10)13-8-12(16(20,21)22)11-2-1-7-23-14(11)24-13/h1-8H. The van der Waals surface area contributed by atoms with Gasteiger partial charge in [-0.3, -0.25) is 0 Å². The lowest BCUT2D eigenvalue weighted by Crippen LogP contribution is -2.08. The molecule has 8 heteroatoms. The van der Waals surface area contributed by atoms with Gasteiger partial charge in [-0.25, -0.2) is 9.97 Å². The maximum atomic E-state index is 13.2. The van der Waals surface area contributed by atoms with Crippen LogP contribution in [-0.4, -0.2) is 9.97 Å². The molecule has 0 aliphatic heterocycles. The number of alkyl halides is 6. The second-order valence-electron chi connectivity index (χ2n) is 5.00. The average molecular weight is 342 g/mol. The van der Waals surface area contributed by atoms with Crippen LogP contribution in [0, 0.1) is 0 Å². The second-order valence-corrected chi connectivity index (χ2v) is 5.00. The first kappa shape index (κ1) is 16.2. The van der Waals surface area contributed by atoms with Crippen LogP contribution in [-0.2, 0) is 12.4 Å². The summed E-state index contributed by atoms with van der Waals surface area (Å²) in [6.45, 7) is 0. The summed E-state index contributed by atoms with van der Waals surface area (Å²) in [5, 5.41) is -0.166. The third kappa shape index (κ3) is 3.04. The fraction of sp³-hybridized carbons (Fsp3) is 0.125. The highest BCUT2D eigenvalue weighted by molar-refractivity contribution is 5.82. The van der Waals surface area contributed by atoms with Crippen LogP contribution in [0.25, 0.3) is 22.3 Å². The molecular weight excluding hydrogens is 334 g/mol. The van der Waals surface area contributed by atoms with Gasteiger partial charge in [0.05, 0.1) is 16.8 Å². The van der Waals surface area contributed by atoms with Crippen molar-refractivity contribution in [3.05, 3.63) is 59.8 Å². The molecular formula is C16H8F6N2. The predicted octanol–water partition coefficient (Wildman–Crippen LogP) is 5.33. The topological polar surface area (TPSA) is 25.8 Å². The Labute approximate surface area is 131 Å². The molecule has 24 heavy (non-hydrogen) atoms. The monoisotopic (exact) mass is 342 g/mol. The van der Waals surface area contributed by atoms with E-state index in [4.69, 9.17) is 0 Å². The Kier molecular flexibility index (Phi) is 3.70. The molecule has 3 rings (SSSR count). The van der Waals surface area contributed by atoms with Crippen molar-refractivity contribution in [1.82, 2.24) is 9.97 Å². The first-order valence-corrected chi connectivity index (χ1v) is 6.67. The third-order valence-corrected chi connectivity index (χ3v) is 3.40. The Morgan fingerprint density at radius 3 is 2.04 bits per heavy atom. The van der Waals surface area contributed by atoms with Crippen LogP contribution < -0.4 is 0 Å². The summed E-state index contributed by atoms with van der Waals surface area (Å²) in [5.74, 6) is 0. The molecule has 0 amide bonds. The first-order chi connectivity index (χ1) is 11.2. The molecule has 0 N–H and O–H groups in total. The van der Waals surface area contributed by atoms with E-state index in [0.29, 0.717) is 0 Å². The summed E-state index contributed by atoms with van der Waals surface area (Å²) in [7, 11) is 0. The van der Waals surface area contributed by atoms with Gasteiger partial charge in [0.1, 0.15) is 0 Å². The van der Waals surface area contributed by atoms with E-state index in [-0.39, 0.29) is 22.3 Å². The number of hydrogen-bond donors (Lipinski definition) is 0. The maximum absolute atomic E-state index is 13.2. The Balaban J connectivity index is 2.17. The lowest BCUT2D eigenvalue weighted by atomic mass is 10.0. The number of pyridine rings is 2. The molecule has 124 valence electrons. The molecule has 0 atom stereocenters. The molecule has 0 aliphatic carbocycles. The zero-order valence-corrected chi connectivity index (χ0v) is 11.8. The summed E-state index contributed by atoms with van der Waals surface area (Å²) in [6.07, 6.45) is -7.86. The van der Waals surface area contributed by atoms with E-state index < -0.39 is 23.5 Å². The molecule has 2 nitrogen and oxygen atoms in total. The van der Waals surface area contributed by atoms with Crippen LogP contribution >= 0.6 is 0 Å². The van der Waals surface area contributed by atoms with E-state index in [0.717, 1.165) is 30.3 Å². The first-order valence-electron chi connectivity index (χ1n) is 6.67. The number of aromatic nitrogens is 2. The van der Waals surface area contributed by atoms with Crippen LogP contribution in [0.3, 0.4) is 0 Å². The summed E-state index contributed by atoms with van der Waals surface area (Å²) in [5.41, 5.74) is -1.90. The summed E-state index contributed by atoms with van der Waals surface area (Å²) >= 11 is 0. The quantitative estimate of drug-likeness (QED) is 0.558. The van der Waals surface area contributed by atoms with Gasteiger partial charge in [0, 0.05) is 17.1 Å². The van der Waals surface area contributed by atoms with Gasteiger partial charge in [-0.05, 0) is 30.3 Å². The number of benzene rings is 1. The summed E-state index contributed by atoms with van der Waals surface area (Å²) in [6, 6.07) is 7.18. The predicted molar refractivity (Wildman–Crippen MR) is 75.0 cm³/mol. The number of fused-ring (bicyclic) bond motifs is 1. The van der Waals surface area contributed by atoms with E-state index >= 15 is 0 Å². The number of nitrogens with zero attached hydrogens (tertiary/aromatic N) is 2. The van der Waals surface area contributed by atoms with E-state index in [2.05, 4.69) is 9.97 Å². The van der Waals surface area contributed by atoms with Crippen LogP contribution in [0.4, 0.5) is 26.3 Å². The number of rotatable bonds is 1. The molecule has 0 saturated heterocycles. The minimum atomic E-state index is -4.63. The minimum Gasteiger partial charge on any atom is -0.237 e. The average Bonchev–Trinajstić information content (AvgIpc) is 2.52. The molecule has 0 unspecified atom stereocenters. The van der Waals surface area contributed by atoms with Crippen LogP contribution in [0.15, 0.2) is 48.7 Å². The third-order valence-electron chi connectivity index (χ3n) is 3.40. The van der Waals surface area contributed by atoms with Gasteiger partial charge >= 0.3 is 12.4 Å². The molecule has 0 spiro atoms. The smallest absolute Gasteiger partial charge is 0.237 e. The number of halogens is 6. The molecule has 0 fully saturated rings. The van der Waals surface area contributed by atoms with Crippen LogP contribution in [0.1, 0.15) is 11.1 Å². The van der Waals surface area contributed by atoms with Crippen molar-refractivity contribution in [3.63, 3.8) is 0 Å². The summed E-state index contributed by atoms with van der Waals surface area (Å²) < 4.78 is 77.4. The molecule has 3 aromatic rings. The molecule has 0 radical (unpaired) electrons. The van der Waals surface area contributed by atoms with Gasteiger partial charge in [0.2, 0.25) is 0 Å². The Morgan fingerprint density at radius 2 is 1.46 bits per heavy atom. The normalized spacial score (nSPS) is 12.6. The van der Waals surface area contributed by atoms with Crippen molar-refractivity contribution < 1.29 is 26.3 Å². The zero-order valence-electron chi connectivity index (χ0n) is 11.8. The van der Waals surface area contributed by atoms with E-state index in [1.54, 1.807) is 0 Å². The Bertz CT molecular complexity index is 882. The largest absolute Gasteiger partial charge is 0.417 e. The van der Waals surface area contributed by atoms with Gasteiger partial charge in [-0.2, -0.15) is 26.3 Å². The van der Waals surface area contributed by atoms with Gasteiger partial charge in [-0.15, -0.1) is 0 Å². The van der Waals surface area contributed by atoms with Crippen molar-refractivity contribution in [3.8, 4) is 11.3 Å². The van der Waals surface area contributed by atoms with Gasteiger partial charge in [0.15, 0.2) is 5.65 Å². The van der Waals surface area contributed by atoms with E-state index in [1.165, 1.54) is 18.3 Å². The molecule has 0 aliphatic rings. The van der Waals surface area contributed by atoms with Gasteiger partial charge < -0.3 is 0 Å². The van der Waals surface area contributed by atoms with Crippen molar-refractivity contribution >= 4 is 11.0 Å². The SMILES string of the molecule is FC(F)(F)c1ccc(-c2cc(C(F)(F)F)c3cccnc3n2)cc1. The zero-order chi connectivity index (χ0) is 17.5. The van der Waals surface area contributed by atoms with E-state index in [9.17, 15) is 26.3 Å². The number of hydrogen-bond acceptors (Lipinski definition) is 2. The fourth-order valence-corrected chi connectivity index (χ4v) is 2.27. The van der Waals surface area contributed by atoms with Crippen molar-refractivity contribution in [2.24, 2.45) is 0 Å². The highest BCUT2D eigenvalue weighted by atomic mass is 19.4. The Morgan fingerprint density at radius 1 is 0.792 bits per heavy atom. The Hall–Kier alpha value is -2.64. The lowest BCUT2D eigenvalue weighted by Gasteiger charge is -2.12. The minimum absolute atomic E-state index is 0.0951. The van der Waals surface area contributed by atoms with Crippen LogP contribution in [0.2, 0.25) is 0 Å². The molecule has 2 aromatic heterocycles. The van der Waals surface area contributed by atoms with E-state index in [1.807, 2.05) is 0 Å². The van der Waals surface area contributed by atoms with Gasteiger partial charge in [0.25, 0.3) is 0 Å². The van der Waals surface area contributed by atoms with Crippen molar-refractivity contribution in [2.45, 2.75) is 12.4 Å². The molecule has 1 aromatic carbocycles. The summed E-state index contributed by atoms with van der Waals surface area (Å²) in [4.78, 5) is 7.83. The highest BCUT2D eigenvalue weighted by Gasteiger charge is 2.34. The molecule has 0 bridgehead atoms. The van der Waals surface area contributed by atoms with Crippen molar-refractivity contribution in [2.75, 3.05) is 0 Å². The molecule has 2 heterocycles. The van der Waals surface area contributed by atoms with Crippen LogP contribution in [0.5, 0.6) is 0 Å². The molecule has 0 saturated carbocycles. The maximum Gasteiger partial charge on any atom is 0.417 e. The van der Waals surface area contributed by atoms with Crippen molar-refractivity contribution in [1.29, 1.82) is 0 Å². The lowest BCUT2D eigenvalue weighted by molar-refractivity contribution is -0.137. The highest BCUT2D eigenvalue weighted by Crippen LogP contribution is 2.37. The second kappa shape index (κ2) is 5.47.